The summed E-state index contributed by atoms with van der Waals surface area (Å²) in [6.45, 7) is 0.934. The standard InChI is InChI=1S/C14H16F3NO5S/c1-13(12(19)20)7-8-6-9(24(21,22)18(2)3)4-5-10(8)23-11(13)14(15,16)17/h4-6,11H,7H2,1-3H3,(H,19,20). The monoisotopic (exact) mass is 367 g/mol. The number of hydrogen-bond donors (Lipinski definition) is 1. The van der Waals surface area contributed by atoms with E-state index in [-0.39, 0.29) is 16.2 Å². The number of nitrogens with zero attached hydrogens (tertiary/aromatic N) is 1. The molecule has 1 aromatic carbocycles. The summed E-state index contributed by atoms with van der Waals surface area (Å²) in [6.07, 6.45) is -7.90. The zero-order valence-electron chi connectivity index (χ0n) is 13.1. The number of ether oxygens (including phenoxy) is 1. The number of carbonyl (C=O) groups is 1. The Morgan fingerprint density at radius 1 is 1.38 bits per heavy atom. The summed E-state index contributed by atoms with van der Waals surface area (Å²) in [5.74, 6) is -1.84. The third-order valence-electron chi connectivity index (χ3n) is 3.98. The van der Waals surface area contributed by atoms with Crippen molar-refractivity contribution in [3.63, 3.8) is 0 Å². The molecule has 1 aromatic rings. The largest absolute Gasteiger partial charge is 0.481 e. The summed E-state index contributed by atoms with van der Waals surface area (Å²) >= 11 is 0. The molecule has 2 unspecified atom stereocenters. The van der Waals surface area contributed by atoms with Gasteiger partial charge in [0.25, 0.3) is 0 Å². The molecule has 0 saturated carbocycles. The Labute approximate surface area is 136 Å². The Balaban J connectivity index is 2.56. The highest BCUT2D eigenvalue weighted by Crippen LogP contribution is 2.45. The second-order valence-electron chi connectivity index (χ2n) is 6.00. The van der Waals surface area contributed by atoms with E-state index in [4.69, 9.17) is 4.74 Å². The minimum Gasteiger partial charge on any atom is -0.481 e. The van der Waals surface area contributed by atoms with E-state index in [0.29, 0.717) is 0 Å². The summed E-state index contributed by atoms with van der Waals surface area (Å²) in [5, 5.41) is 9.27. The lowest BCUT2D eigenvalue weighted by molar-refractivity contribution is -0.234. The van der Waals surface area contributed by atoms with Crippen LogP contribution in [0.4, 0.5) is 13.2 Å². The Morgan fingerprint density at radius 2 is 1.96 bits per heavy atom. The van der Waals surface area contributed by atoms with Crippen molar-refractivity contribution in [2.75, 3.05) is 14.1 Å². The molecule has 10 heteroatoms. The Hall–Kier alpha value is -1.81. The first-order chi connectivity index (χ1) is 10.8. The van der Waals surface area contributed by atoms with E-state index in [1.54, 1.807) is 0 Å². The molecule has 0 aliphatic carbocycles. The van der Waals surface area contributed by atoms with Crippen LogP contribution in [0.3, 0.4) is 0 Å². The molecular formula is C14H16F3NO5S. The van der Waals surface area contributed by atoms with Gasteiger partial charge in [-0.3, -0.25) is 4.79 Å². The molecule has 0 bridgehead atoms. The van der Waals surface area contributed by atoms with Crippen LogP contribution in [0.25, 0.3) is 0 Å². The zero-order valence-corrected chi connectivity index (χ0v) is 13.9. The highest BCUT2D eigenvalue weighted by atomic mass is 32.2. The fourth-order valence-electron chi connectivity index (χ4n) is 2.54. The quantitative estimate of drug-likeness (QED) is 0.882. The topological polar surface area (TPSA) is 83.9 Å². The second-order valence-corrected chi connectivity index (χ2v) is 8.15. The number of carboxylic acids is 1. The molecule has 6 nitrogen and oxygen atoms in total. The van der Waals surface area contributed by atoms with Gasteiger partial charge in [-0.1, -0.05) is 0 Å². The minimum atomic E-state index is -4.88. The van der Waals surface area contributed by atoms with E-state index in [0.717, 1.165) is 29.4 Å². The van der Waals surface area contributed by atoms with Crippen molar-refractivity contribution in [1.29, 1.82) is 0 Å². The molecule has 0 aromatic heterocycles. The smallest absolute Gasteiger partial charge is 0.426 e. The number of benzene rings is 1. The van der Waals surface area contributed by atoms with Crippen molar-refractivity contribution in [2.45, 2.75) is 30.5 Å². The van der Waals surface area contributed by atoms with Crippen LogP contribution in [0.5, 0.6) is 5.75 Å². The van der Waals surface area contributed by atoms with E-state index in [1.165, 1.54) is 14.1 Å². The fraction of sp³-hybridized carbons (Fsp3) is 0.500. The Morgan fingerprint density at radius 3 is 2.42 bits per heavy atom. The summed E-state index contributed by atoms with van der Waals surface area (Å²) in [6, 6.07) is 3.40. The minimum absolute atomic E-state index is 0.100. The lowest BCUT2D eigenvalue weighted by Gasteiger charge is -2.39. The maximum absolute atomic E-state index is 13.2. The third-order valence-corrected chi connectivity index (χ3v) is 5.79. The van der Waals surface area contributed by atoms with Gasteiger partial charge in [-0.2, -0.15) is 13.2 Å². The molecule has 0 fully saturated rings. The highest BCUT2D eigenvalue weighted by Gasteiger charge is 2.59. The molecule has 1 aliphatic heterocycles. The van der Waals surface area contributed by atoms with Crippen molar-refractivity contribution in [3.8, 4) is 5.75 Å². The molecule has 2 atom stereocenters. The second kappa shape index (κ2) is 5.62. The molecule has 0 amide bonds. The lowest BCUT2D eigenvalue weighted by atomic mass is 9.76. The summed E-state index contributed by atoms with van der Waals surface area (Å²) < 4.78 is 69.6. The van der Waals surface area contributed by atoms with Crippen LogP contribution in [-0.2, 0) is 21.2 Å². The van der Waals surface area contributed by atoms with Gasteiger partial charge in [-0.05, 0) is 37.1 Å². The van der Waals surface area contributed by atoms with Gasteiger partial charge in [0.1, 0.15) is 11.2 Å². The fourth-order valence-corrected chi connectivity index (χ4v) is 3.49. The van der Waals surface area contributed by atoms with Gasteiger partial charge in [0.05, 0.1) is 4.90 Å². The van der Waals surface area contributed by atoms with Gasteiger partial charge in [0.2, 0.25) is 16.1 Å². The van der Waals surface area contributed by atoms with Crippen molar-refractivity contribution in [3.05, 3.63) is 23.8 Å². The highest BCUT2D eigenvalue weighted by molar-refractivity contribution is 7.89. The number of sulfonamides is 1. The van der Waals surface area contributed by atoms with E-state index in [9.17, 15) is 31.5 Å². The van der Waals surface area contributed by atoms with Crippen molar-refractivity contribution in [1.82, 2.24) is 4.31 Å². The van der Waals surface area contributed by atoms with Crippen LogP contribution in [0.15, 0.2) is 23.1 Å². The van der Waals surface area contributed by atoms with Gasteiger partial charge in [-0.25, -0.2) is 12.7 Å². The first kappa shape index (κ1) is 18.5. The van der Waals surface area contributed by atoms with Gasteiger partial charge in [0.15, 0.2) is 0 Å². The van der Waals surface area contributed by atoms with Crippen LogP contribution >= 0.6 is 0 Å². The number of rotatable bonds is 3. The number of carboxylic acid groups (broad SMARTS) is 1. The molecule has 2 rings (SSSR count). The third kappa shape index (κ3) is 2.95. The number of halogens is 3. The predicted molar refractivity (Wildman–Crippen MR) is 77.2 cm³/mol. The van der Waals surface area contributed by atoms with Crippen LogP contribution in [0, 0.1) is 5.41 Å². The van der Waals surface area contributed by atoms with E-state index in [1.807, 2.05) is 0 Å². The van der Waals surface area contributed by atoms with Crippen molar-refractivity contribution >= 4 is 16.0 Å². The summed E-state index contributed by atoms with van der Waals surface area (Å²) in [7, 11) is -1.18. The normalized spacial score (nSPS) is 24.4. The Bertz CT molecular complexity index is 775. The lowest BCUT2D eigenvalue weighted by Crippen LogP contribution is -2.55. The predicted octanol–water partition coefficient (Wildman–Crippen LogP) is 1.89. The van der Waals surface area contributed by atoms with Crippen LogP contribution in [-0.4, -0.2) is 50.2 Å². The maximum atomic E-state index is 13.2. The molecule has 24 heavy (non-hydrogen) atoms. The molecule has 0 saturated heterocycles. The van der Waals surface area contributed by atoms with Gasteiger partial charge in [0, 0.05) is 14.1 Å². The number of aliphatic carboxylic acids is 1. The van der Waals surface area contributed by atoms with E-state index in [2.05, 4.69) is 0 Å². The van der Waals surface area contributed by atoms with Crippen LogP contribution in [0.2, 0.25) is 0 Å². The Kier molecular flexibility index (Phi) is 4.34. The van der Waals surface area contributed by atoms with E-state index >= 15 is 0 Å². The molecule has 1 N–H and O–H groups in total. The number of hydrogen-bond acceptors (Lipinski definition) is 4. The van der Waals surface area contributed by atoms with Crippen molar-refractivity contribution in [2.24, 2.45) is 5.41 Å². The molecule has 0 radical (unpaired) electrons. The average molecular weight is 367 g/mol. The molecule has 0 spiro atoms. The molecule has 1 aliphatic rings. The first-order valence-electron chi connectivity index (χ1n) is 6.82. The molecule has 134 valence electrons. The first-order valence-corrected chi connectivity index (χ1v) is 8.26. The molecule has 1 heterocycles. The van der Waals surface area contributed by atoms with Gasteiger partial charge in [-0.15, -0.1) is 0 Å². The van der Waals surface area contributed by atoms with Gasteiger partial charge < -0.3 is 9.84 Å². The zero-order chi connectivity index (χ0) is 18.5. The van der Waals surface area contributed by atoms with Crippen LogP contribution < -0.4 is 4.74 Å². The van der Waals surface area contributed by atoms with Crippen molar-refractivity contribution < 1.29 is 36.2 Å². The average Bonchev–Trinajstić information content (AvgIpc) is 2.44. The summed E-state index contributed by atoms with van der Waals surface area (Å²) in [5.41, 5.74) is -2.16. The SMILES string of the molecule is CN(C)S(=O)(=O)c1ccc2c(c1)CC(C)(C(=O)O)C(C(F)(F)F)O2. The van der Waals surface area contributed by atoms with Crippen LogP contribution in [0.1, 0.15) is 12.5 Å². The number of alkyl halides is 3. The molecular weight excluding hydrogens is 351 g/mol. The number of fused-ring (bicyclic) bond motifs is 1. The maximum Gasteiger partial charge on any atom is 0.426 e. The van der Waals surface area contributed by atoms with Gasteiger partial charge >= 0.3 is 12.1 Å². The summed E-state index contributed by atoms with van der Waals surface area (Å²) in [4.78, 5) is 11.3. The van der Waals surface area contributed by atoms with E-state index < -0.39 is 40.1 Å².